The Morgan fingerprint density at radius 2 is 1.61 bits per heavy atom. The molecule has 2 saturated heterocycles. The van der Waals surface area contributed by atoms with Crippen LogP contribution in [0.4, 0.5) is 0 Å². The fourth-order valence-corrected chi connectivity index (χ4v) is 5.73. The number of nitrogens with zero attached hydrogens (tertiary/aromatic N) is 2. The molecule has 2 aliphatic rings. The summed E-state index contributed by atoms with van der Waals surface area (Å²) in [7, 11) is 0. The number of primary amides is 1. The number of rotatable bonds is 6. The predicted octanol–water partition coefficient (Wildman–Crippen LogP) is 3.19. The number of carbonyl (C=O) groups excluding carboxylic acids is 2. The highest BCUT2D eigenvalue weighted by Crippen LogP contribution is 2.52. The molecule has 2 heterocycles. The summed E-state index contributed by atoms with van der Waals surface area (Å²) in [5, 5.41) is 0. The molecule has 31 heavy (non-hydrogen) atoms. The van der Waals surface area contributed by atoms with Crippen molar-refractivity contribution in [3.63, 3.8) is 0 Å². The number of likely N-dealkylation sites (tertiary alicyclic amines) is 2. The van der Waals surface area contributed by atoms with Gasteiger partial charge in [-0.25, -0.2) is 0 Å². The average Bonchev–Trinajstić information content (AvgIpc) is 3.16. The van der Waals surface area contributed by atoms with Gasteiger partial charge in [-0.1, -0.05) is 55.5 Å². The predicted molar refractivity (Wildman–Crippen MR) is 123 cm³/mol. The molecule has 2 aliphatic heterocycles. The van der Waals surface area contributed by atoms with E-state index in [9.17, 15) is 9.59 Å². The molecule has 0 aliphatic carbocycles. The van der Waals surface area contributed by atoms with Crippen molar-refractivity contribution in [1.82, 2.24) is 9.80 Å². The molecule has 2 fully saturated rings. The quantitative estimate of drug-likeness (QED) is 0.782. The Balaban J connectivity index is 1.48. The van der Waals surface area contributed by atoms with Crippen LogP contribution in [-0.4, -0.2) is 54.3 Å². The van der Waals surface area contributed by atoms with Gasteiger partial charge in [-0.2, -0.15) is 0 Å². The summed E-state index contributed by atoms with van der Waals surface area (Å²) in [5.74, 6) is -0.264. The Hall–Kier alpha value is -2.66. The van der Waals surface area contributed by atoms with Crippen LogP contribution in [0.25, 0.3) is 0 Å². The zero-order valence-electron chi connectivity index (χ0n) is 18.9. The summed E-state index contributed by atoms with van der Waals surface area (Å²) >= 11 is 0. The third kappa shape index (κ3) is 3.76. The van der Waals surface area contributed by atoms with E-state index in [2.05, 4.69) is 36.1 Å². The van der Waals surface area contributed by atoms with Crippen LogP contribution >= 0.6 is 0 Å². The molecule has 0 saturated carbocycles. The first-order chi connectivity index (χ1) is 14.8. The summed E-state index contributed by atoms with van der Waals surface area (Å²) < 4.78 is 0. The summed E-state index contributed by atoms with van der Waals surface area (Å²) in [6, 6.07) is 16.4. The Bertz CT molecular complexity index is 969. The maximum Gasteiger partial charge on any atom is 0.254 e. The van der Waals surface area contributed by atoms with Crippen molar-refractivity contribution in [3.8, 4) is 0 Å². The first kappa shape index (κ1) is 21.6. The maximum absolute atomic E-state index is 13.4. The summed E-state index contributed by atoms with van der Waals surface area (Å²) in [6.45, 7) is 9.40. The van der Waals surface area contributed by atoms with Gasteiger partial charge in [-0.15, -0.1) is 0 Å². The van der Waals surface area contributed by atoms with Crippen LogP contribution in [0.5, 0.6) is 0 Å². The molecule has 2 aromatic rings. The summed E-state index contributed by atoms with van der Waals surface area (Å²) in [5.41, 5.74) is 9.03. The van der Waals surface area contributed by atoms with Gasteiger partial charge in [0.15, 0.2) is 0 Å². The van der Waals surface area contributed by atoms with Crippen LogP contribution in [0, 0.1) is 24.7 Å². The molecule has 0 radical (unpaired) electrons. The van der Waals surface area contributed by atoms with E-state index in [0.717, 1.165) is 42.6 Å². The van der Waals surface area contributed by atoms with Gasteiger partial charge in [0.2, 0.25) is 5.91 Å². The van der Waals surface area contributed by atoms with Crippen molar-refractivity contribution in [2.75, 3.05) is 32.7 Å². The standard InChI is InChI=1S/C26H33N3O2/c1-19-9-7-10-20(2)22(19)23(30)29-16-25(3)15-28(17-26(25,18-29)24(27)31)14-8-13-21-11-5-4-6-12-21/h4-7,9-12H,8,13-18H2,1-3H3,(H2,27,31)/t25?,26-/m1/s1. The third-order valence-electron chi connectivity index (χ3n) is 7.46. The largest absolute Gasteiger partial charge is 0.369 e. The normalized spacial score (nSPS) is 25.6. The smallest absolute Gasteiger partial charge is 0.254 e. The van der Waals surface area contributed by atoms with Crippen LogP contribution in [0.2, 0.25) is 0 Å². The zero-order chi connectivity index (χ0) is 22.2. The second kappa shape index (κ2) is 8.12. The van der Waals surface area contributed by atoms with E-state index in [1.54, 1.807) is 0 Å². The van der Waals surface area contributed by atoms with Gasteiger partial charge >= 0.3 is 0 Å². The van der Waals surface area contributed by atoms with E-state index >= 15 is 0 Å². The number of carbonyl (C=O) groups is 2. The van der Waals surface area contributed by atoms with Crippen molar-refractivity contribution in [3.05, 3.63) is 70.8 Å². The molecule has 5 heteroatoms. The third-order valence-corrected chi connectivity index (χ3v) is 7.46. The number of benzene rings is 2. The van der Waals surface area contributed by atoms with Crippen LogP contribution in [0.15, 0.2) is 48.5 Å². The molecule has 2 N–H and O–H groups in total. The summed E-state index contributed by atoms with van der Waals surface area (Å²) in [4.78, 5) is 30.4. The average molecular weight is 420 g/mol. The minimum absolute atomic E-state index is 0.0162. The Labute approximate surface area is 185 Å². The van der Waals surface area contributed by atoms with Gasteiger partial charge in [-0.3, -0.25) is 9.59 Å². The highest BCUT2D eigenvalue weighted by atomic mass is 16.2. The lowest BCUT2D eigenvalue weighted by molar-refractivity contribution is -0.129. The number of nitrogens with two attached hydrogens (primary N) is 1. The van der Waals surface area contributed by atoms with Crippen molar-refractivity contribution >= 4 is 11.8 Å². The van der Waals surface area contributed by atoms with Crippen molar-refractivity contribution in [2.24, 2.45) is 16.6 Å². The topological polar surface area (TPSA) is 66.6 Å². The molecule has 0 aromatic heterocycles. The van der Waals surface area contributed by atoms with Crippen LogP contribution < -0.4 is 5.73 Å². The van der Waals surface area contributed by atoms with E-state index in [1.807, 2.05) is 43.0 Å². The van der Waals surface area contributed by atoms with Crippen LogP contribution in [0.1, 0.15) is 40.4 Å². The van der Waals surface area contributed by atoms with E-state index in [0.29, 0.717) is 19.6 Å². The Morgan fingerprint density at radius 3 is 2.23 bits per heavy atom. The van der Waals surface area contributed by atoms with E-state index in [4.69, 9.17) is 5.73 Å². The molecule has 0 bridgehead atoms. The molecule has 2 amide bonds. The lowest BCUT2D eigenvalue weighted by Crippen LogP contribution is -2.49. The maximum atomic E-state index is 13.4. The molecule has 164 valence electrons. The van der Waals surface area contributed by atoms with E-state index in [-0.39, 0.29) is 17.2 Å². The number of hydrogen-bond acceptors (Lipinski definition) is 3. The monoisotopic (exact) mass is 419 g/mol. The molecule has 5 nitrogen and oxygen atoms in total. The minimum Gasteiger partial charge on any atom is -0.369 e. The molecule has 2 atom stereocenters. The van der Waals surface area contributed by atoms with Gasteiger partial charge < -0.3 is 15.5 Å². The number of aryl methyl sites for hydroxylation is 3. The number of fused-ring (bicyclic) bond motifs is 1. The Kier molecular flexibility index (Phi) is 5.65. The second-order valence-corrected chi connectivity index (χ2v) is 9.73. The molecular weight excluding hydrogens is 386 g/mol. The van der Waals surface area contributed by atoms with E-state index < -0.39 is 5.41 Å². The van der Waals surface area contributed by atoms with Gasteiger partial charge in [-0.05, 0) is 49.9 Å². The highest BCUT2D eigenvalue weighted by molar-refractivity contribution is 5.98. The molecule has 1 unspecified atom stereocenters. The molecule has 2 aromatic carbocycles. The van der Waals surface area contributed by atoms with Crippen LogP contribution in [0.3, 0.4) is 0 Å². The second-order valence-electron chi connectivity index (χ2n) is 9.73. The van der Waals surface area contributed by atoms with E-state index in [1.165, 1.54) is 5.56 Å². The first-order valence-electron chi connectivity index (χ1n) is 11.2. The SMILES string of the molecule is Cc1cccc(C)c1C(=O)N1CC2(C)CN(CCCc3ccccc3)C[C@]2(C(N)=O)C1. The first-order valence-corrected chi connectivity index (χ1v) is 11.2. The minimum atomic E-state index is -0.688. The lowest BCUT2D eigenvalue weighted by Gasteiger charge is -2.31. The molecular formula is C26H33N3O2. The van der Waals surface area contributed by atoms with Crippen molar-refractivity contribution < 1.29 is 9.59 Å². The van der Waals surface area contributed by atoms with Crippen molar-refractivity contribution in [1.29, 1.82) is 0 Å². The number of hydrogen-bond donors (Lipinski definition) is 1. The molecule has 0 spiro atoms. The highest BCUT2D eigenvalue weighted by Gasteiger charge is 2.64. The summed E-state index contributed by atoms with van der Waals surface area (Å²) in [6.07, 6.45) is 2.06. The number of amides is 2. The molecule has 4 rings (SSSR count). The fourth-order valence-electron chi connectivity index (χ4n) is 5.73. The van der Waals surface area contributed by atoms with Gasteiger partial charge in [0.05, 0.1) is 5.41 Å². The fraction of sp³-hybridized carbons (Fsp3) is 0.462. The Morgan fingerprint density at radius 1 is 0.935 bits per heavy atom. The lowest BCUT2D eigenvalue weighted by atomic mass is 9.69. The van der Waals surface area contributed by atoms with Gasteiger partial charge in [0.1, 0.15) is 0 Å². The zero-order valence-corrected chi connectivity index (χ0v) is 18.9. The van der Waals surface area contributed by atoms with Gasteiger partial charge in [0, 0.05) is 37.2 Å². The van der Waals surface area contributed by atoms with Crippen LogP contribution in [-0.2, 0) is 11.2 Å². The van der Waals surface area contributed by atoms with Gasteiger partial charge in [0.25, 0.3) is 5.91 Å². The van der Waals surface area contributed by atoms with Crippen molar-refractivity contribution in [2.45, 2.75) is 33.6 Å².